The summed E-state index contributed by atoms with van der Waals surface area (Å²) in [5.74, 6) is 0. The fraction of sp³-hybridized carbons (Fsp3) is 0.333. The lowest BCUT2D eigenvalue weighted by Crippen LogP contribution is -2.22. The highest BCUT2D eigenvalue weighted by Gasteiger charge is 2.26. The molecule has 0 saturated carbocycles. The van der Waals surface area contributed by atoms with Crippen molar-refractivity contribution in [2.75, 3.05) is 0 Å². The standard InChI is InChI=1S/C15H15Cl2NS/c1-9(10-2-4-11(16)5-3-10)18-13-6-7-14-12(13)8-15(17)19-14/h2-5,8-9,13,18H,6-7H2,1H3. The zero-order valence-corrected chi connectivity index (χ0v) is 12.9. The molecule has 1 heterocycles. The third-order valence-corrected chi connectivity index (χ3v) is 5.26. The largest absolute Gasteiger partial charge is 0.303 e. The van der Waals surface area contributed by atoms with Crippen molar-refractivity contribution >= 4 is 34.5 Å². The summed E-state index contributed by atoms with van der Waals surface area (Å²) in [5, 5.41) is 4.47. The van der Waals surface area contributed by atoms with Gasteiger partial charge in [0.15, 0.2) is 0 Å². The smallest absolute Gasteiger partial charge is 0.0934 e. The molecular formula is C15H15Cl2NS. The molecule has 1 aliphatic rings. The molecule has 4 heteroatoms. The number of halogens is 2. The fourth-order valence-electron chi connectivity index (χ4n) is 2.65. The molecule has 3 rings (SSSR count). The molecular weight excluding hydrogens is 297 g/mol. The second-order valence-electron chi connectivity index (χ2n) is 4.96. The molecule has 0 fully saturated rings. The van der Waals surface area contributed by atoms with E-state index in [-0.39, 0.29) is 0 Å². The van der Waals surface area contributed by atoms with Gasteiger partial charge in [-0.2, -0.15) is 0 Å². The summed E-state index contributed by atoms with van der Waals surface area (Å²) in [7, 11) is 0. The lowest BCUT2D eigenvalue weighted by atomic mass is 10.1. The van der Waals surface area contributed by atoms with E-state index in [1.807, 2.05) is 12.1 Å². The van der Waals surface area contributed by atoms with Crippen LogP contribution in [0.4, 0.5) is 0 Å². The number of benzene rings is 1. The van der Waals surface area contributed by atoms with E-state index in [0.717, 1.165) is 22.2 Å². The lowest BCUT2D eigenvalue weighted by Gasteiger charge is -2.20. The van der Waals surface area contributed by atoms with E-state index < -0.39 is 0 Å². The molecule has 1 aliphatic carbocycles. The number of nitrogens with one attached hydrogen (secondary N) is 1. The summed E-state index contributed by atoms with van der Waals surface area (Å²) in [6, 6.07) is 10.9. The van der Waals surface area contributed by atoms with E-state index in [1.165, 1.54) is 16.0 Å². The van der Waals surface area contributed by atoms with Crippen molar-refractivity contribution < 1.29 is 0 Å². The Morgan fingerprint density at radius 3 is 2.74 bits per heavy atom. The molecule has 1 aromatic carbocycles. The van der Waals surface area contributed by atoms with Crippen LogP contribution in [0.5, 0.6) is 0 Å². The minimum Gasteiger partial charge on any atom is -0.303 e. The topological polar surface area (TPSA) is 12.0 Å². The third kappa shape index (κ3) is 2.82. The van der Waals surface area contributed by atoms with Crippen LogP contribution in [0.1, 0.15) is 41.4 Å². The van der Waals surface area contributed by atoms with Gasteiger partial charge >= 0.3 is 0 Å². The number of rotatable bonds is 3. The van der Waals surface area contributed by atoms with Crippen LogP contribution in [0.2, 0.25) is 9.36 Å². The highest BCUT2D eigenvalue weighted by atomic mass is 35.5. The molecule has 19 heavy (non-hydrogen) atoms. The SMILES string of the molecule is CC(NC1CCc2sc(Cl)cc21)c1ccc(Cl)cc1. The molecule has 0 spiro atoms. The van der Waals surface area contributed by atoms with E-state index >= 15 is 0 Å². The molecule has 1 aromatic heterocycles. The summed E-state index contributed by atoms with van der Waals surface area (Å²) in [4.78, 5) is 1.44. The van der Waals surface area contributed by atoms with Crippen molar-refractivity contribution in [1.82, 2.24) is 5.32 Å². The van der Waals surface area contributed by atoms with Crippen LogP contribution >= 0.6 is 34.5 Å². The highest BCUT2D eigenvalue weighted by Crippen LogP contribution is 2.40. The van der Waals surface area contributed by atoms with Gasteiger partial charge in [0.25, 0.3) is 0 Å². The monoisotopic (exact) mass is 311 g/mol. The Balaban J connectivity index is 1.73. The number of thiophene rings is 1. The maximum Gasteiger partial charge on any atom is 0.0934 e. The first-order valence-corrected chi connectivity index (χ1v) is 8.00. The number of hydrogen-bond acceptors (Lipinski definition) is 2. The van der Waals surface area contributed by atoms with Crippen molar-refractivity contribution in [2.24, 2.45) is 0 Å². The summed E-state index contributed by atoms with van der Waals surface area (Å²) in [6.45, 7) is 2.19. The second kappa shape index (κ2) is 5.45. The van der Waals surface area contributed by atoms with Gasteiger partial charge in [-0.3, -0.25) is 0 Å². The summed E-state index contributed by atoms with van der Waals surface area (Å²) < 4.78 is 0.899. The summed E-state index contributed by atoms with van der Waals surface area (Å²) in [6.07, 6.45) is 2.30. The zero-order chi connectivity index (χ0) is 13.4. The van der Waals surface area contributed by atoms with Crippen LogP contribution in [0, 0.1) is 0 Å². The number of aryl methyl sites for hydroxylation is 1. The Morgan fingerprint density at radius 1 is 1.26 bits per heavy atom. The fourth-order valence-corrected chi connectivity index (χ4v) is 4.14. The predicted molar refractivity (Wildman–Crippen MR) is 83.4 cm³/mol. The highest BCUT2D eigenvalue weighted by molar-refractivity contribution is 7.16. The van der Waals surface area contributed by atoms with E-state index in [1.54, 1.807) is 11.3 Å². The van der Waals surface area contributed by atoms with Crippen molar-refractivity contribution in [3.05, 3.63) is 55.7 Å². The number of hydrogen-bond donors (Lipinski definition) is 1. The van der Waals surface area contributed by atoms with Gasteiger partial charge in [0.05, 0.1) is 4.34 Å². The van der Waals surface area contributed by atoms with Gasteiger partial charge in [-0.05, 0) is 49.1 Å². The van der Waals surface area contributed by atoms with Crippen LogP contribution in [-0.4, -0.2) is 0 Å². The summed E-state index contributed by atoms with van der Waals surface area (Å²) >= 11 is 13.7. The molecule has 2 atom stereocenters. The van der Waals surface area contributed by atoms with E-state index in [4.69, 9.17) is 23.2 Å². The van der Waals surface area contributed by atoms with Gasteiger partial charge in [0.2, 0.25) is 0 Å². The van der Waals surface area contributed by atoms with E-state index in [2.05, 4.69) is 30.4 Å². The second-order valence-corrected chi connectivity index (χ2v) is 7.16. The van der Waals surface area contributed by atoms with Crippen molar-refractivity contribution in [3.63, 3.8) is 0 Å². The molecule has 0 saturated heterocycles. The molecule has 0 radical (unpaired) electrons. The lowest BCUT2D eigenvalue weighted by molar-refractivity contribution is 0.465. The van der Waals surface area contributed by atoms with Crippen LogP contribution < -0.4 is 5.32 Å². The minimum atomic E-state index is 0.312. The molecule has 1 N–H and O–H groups in total. The van der Waals surface area contributed by atoms with Gasteiger partial charge < -0.3 is 5.32 Å². The van der Waals surface area contributed by atoms with Crippen LogP contribution in [0.15, 0.2) is 30.3 Å². The number of fused-ring (bicyclic) bond motifs is 1. The van der Waals surface area contributed by atoms with Crippen LogP contribution in [-0.2, 0) is 6.42 Å². The maximum absolute atomic E-state index is 6.09. The average molecular weight is 312 g/mol. The first kappa shape index (κ1) is 13.4. The molecule has 0 amide bonds. The van der Waals surface area contributed by atoms with Crippen LogP contribution in [0.25, 0.3) is 0 Å². The Hall–Kier alpha value is -0.540. The Kier molecular flexibility index (Phi) is 3.86. The Bertz CT molecular complexity index is 576. The molecule has 0 bridgehead atoms. The minimum absolute atomic E-state index is 0.312. The van der Waals surface area contributed by atoms with Crippen molar-refractivity contribution in [2.45, 2.75) is 31.8 Å². The van der Waals surface area contributed by atoms with E-state index in [0.29, 0.717) is 12.1 Å². The van der Waals surface area contributed by atoms with Crippen molar-refractivity contribution in [1.29, 1.82) is 0 Å². The quantitative estimate of drug-likeness (QED) is 0.801. The molecule has 0 aliphatic heterocycles. The van der Waals surface area contributed by atoms with Crippen molar-refractivity contribution in [3.8, 4) is 0 Å². The van der Waals surface area contributed by atoms with Gasteiger partial charge in [-0.15, -0.1) is 11.3 Å². The average Bonchev–Trinajstić information content (AvgIpc) is 2.91. The Morgan fingerprint density at radius 2 is 2.00 bits per heavy atom. The summed E-state index contributed by atoms with van der Waals surface area (Å²) in [5.41, 5.74) is 2.65. The van der Waals surface area contributed by atoms with Gasteiger partial charge in [0, 0.05) is 22.0 Å². The first-order valence-electron chi connectivity index (χ1n) is 6.43. The molecule has 2 unspecified atom stereocenters. The first-order chi connectivity index (χ1) is 9.13. The van der Waals surface area contributed by atoms with Gasteiger partial charge in [-0.25, -0.2) is 0 Å². The van der Waals surface area contributed by atoms with E-state index in [9.17, 15) is 0 Å². The predicted octanol–water partition coefficient (Wildman–Crippen LogP) is 5.39. The van der Waals surface area contributed by atoms with Gasteiger partial charge in [0.1, 0.15) is 0 Å². The maximum atomic E-state index is 6.09. The normalized spacial score (nSPS) is 19.4. The molecule has 1 nitrogen and oxygen atoms in total. The van der Waals surface area contributed by atoms with Gasteiger partial charge in [-0.1, -0.05) is 35.3 Å². The Labute approximate surface area is 127 Å². The molecule has 100 valence electrons. The van der Waals surface area contributed by atoms with Crippen LogP contribution in [0.3, 0.4) is 0 Å². The zero-order valence-electron chi connectivity index (χ0n) is 10.6. The molecule has 2 aromatic rings. The third-order valence-electron chi connectivity index (χ3n) is 3.67.